The molecule has 0 aliphatic carbocycles. The lowest BCUT2D eigenvalue weighted by Gasteiger charge is -2.16. The van der Waals surface area contributed by atoms with Crippen LogP contribution in [0, 0.1) is 13.8 Å². The van der Waals surface area contributed by atoms with Gasteiger partial charge in [-0.1, -0.05) is 6.07 Å². The van der Waals surface area contributed by atoms with Crippen LogP contribution >= 0.6 is 0 Å². The molecule has 0 unspecified atom stereocenters. The summed E-state index contributed by atoms with van der Waals surface area (Å²) < 4.78 is 29.0. The summed E-state index contributed by atoms with van der Waals surface area (Å²) >= 11 is 0. The summed E-state index contributed by atoms with van der Waals surface area (Å²) in [5, 5.41) is 8.32. The molecule has 3 aromatic rings. The fraction of sp³-hybridized carbons (Fsp3) is 0.458. The minimum absolute atomic E-state index is 0.164. The maximum atomic E-state index is 12.8. The van der Waals surface area contributed by atoms with Gasteiger partial charge >= 0.3 is 0 Å². The molecule has 2 aromatic heterocycles. The summed E-state index contributed by atoms with van der Waals surface area (Å²) in [6.07, 6.45) is 4.43. The molecule has 0 radical (unpaired) electrons. The Labute approximate surface area is 195 Å². The Morgan fingerprint density at radius 3 is 2.61 bits per heavy atom. The molecule has 0 spiro atoms. The van der Waals surface area contributed by atoms with E-state index < -0.39 is 10.0 Å². The monoisotopic (exact) mass is 469 g/mol. The Hall–Kier alpha value is -2.78. The van der Waals surface area contributed by atoms with E-state index in [1.54, 1.807) is 18.2 Å². The van der Waals surface area contributed by atoms with Crippen molar-refractivity contribution in [2.75, 3.05) is 18.4 Å². The summed E-state index contributed by atoms with van der Waals surface area (Å²) in [5.74, 6) is -0.164. The van der Waals surface area contributed by atoms with Gasteiger partial charge in [0.05, 0.1) is 11.1 Å². The van der Waals surface area contributed by atoms with Gasteiger partial charge < -0.3 is 5.32 Å². The Morgan fingerprint density at radius 1 is 1.18 bits per heavy atom. The van der Waals surface area contributed by atoms with E-state index in [-0.39, 0.29) is 23.3 Å². The number of amides is 1. The second kappa shape index (κ2) is 9.23. The number of anilines is 1. The molecule has 176 valence electrons. The normalized spacial score (nSPS) is 14.9. The summed E-state index contributed by atoms with van der Waals surface area (Å²) in [5.41, 5.74) is 4.39. The average molecular weight is 470 g/mol. The number of benzene rings is 1. The zero-order chi connectivity index (χ0) is 23.8. The molecule has 0 saturated carbocycles. The Balaban J connectivity index is 1.47. The van der Waals surface area contributed by atoms with Crippen molar-refractivity contribution in [3.63, 3.8) is 0 Å². The number of nitrogens with one attached hydrogen (secondary N) is 1. The van der Waals surface area contributed by atoms with Crippen LogP contribution in [-0.4, -0.2) is 46.5 Å². The molecule has 1 fully saturated rings. The highest BCUT2D eigenvalue weighted by molar-refractivity contribution is 7.89. The molecule has 1 saturated heterocycles. The molecule has 1 amide bonds. The van der Waals surface area contributed by atoms with Crippen LogP contribution < -0.4 is 5.32 Å². The third kappa shape index (κ3) is 4.65. The van der Waals surface area contributed by atoms with Gasteiger partial charge in [0.2, 0.25) is 15.9 Å². The second-order valence-corrected chi connectivity index (χ2v) is 10.8. The van der Waals surface area contributed by atoms with E-state index in [4.69, 9.17) is 4.98 Å². The molecule has 1 aromatic carbocycles. The molecule has 9 heteroatoms. The van der Waals surface area contributed by atoms with Crippen LogP contribution in [0.4, 0.5) is 5.69 Å². The maximum absolute atomic E-state index is 12.8. The number of aryl methyl sites for hydroxylation is 2. The first-order chi connectivity index (χ1) is 15.7. The molecule has 8 nitrogen and oxygen atoms in total. The molecule has 3 heterocycles. The number of nitrogens with zero attached hydrogens (tertiary/aromatic N) is 4. The van der Waals surface area contributed by atoms with Gasteiger partial charge in [-0.25, -0.2) is 18.1 Å². The van der Waals surface area contributed by atoms with Gasteiger partial charge in [0, 0.05) is 42.3 Å². The van der Waals surface area contributed by atoms with Crippen molar-refractivity contribution >= 4 is 32.7 Å². The van der Waals surface area contributed by atoms with Crippen LogP contribution in [0.5, 0.6) is 0 Å². The van der Waals surface area contributed by atoms with Crippen molar-refractivity contribution in [1.29, 1.82) is 0 Å². The molecule has 1 aliphatic rings. The van der Waals surface area contributed by atoms with Crippen LogP contribution in [-0.2, 0) is 21.2 Å². The molecular formula is C24H31N5O3S. The highest BCUT2D eigenvalue weighted by Crippen LogP contribution is 2.26. The van der Waals surface area contributed by atoms with Crippen molar-refractivity contribution in [3.05, 3.63) is 47.3 Å². The van der Waals surface area contributed by atoms with E-state index in [1.807, 2.05) is 24.7 Å². The minimum Gasteiger partial charge on any atom is -0.326 e. The number of hydrogen-bond acceptors (Lipinski definition) is 5. The lowest BCUT2D eigenvalue weighted by atomic mass is 10.0. The lowest BCUT2D eigenvalue weighted by Crippen LogP contribution is -2.27. The number of fused-ring (bicyclic) bond motifs is 1. The lowest BCUT2D eigenvalue weighted by molar-refractivity contribution is -0.116. The summed E-state index contributed by atoms with van der Waals surface area (Å²) in [7, 11) is -3.52. The Bertz CT molecular complexity index is 1290. The first-order valence-corrected chi connectivity index (χ1v) is 12.9. The van der Waals surface area contributed by atoms with E-state index in [2.05, 4.69) is 24.3 Å². The summed E-state index contributed by atoms with van der Waals surface area (Å²) in [6, 6.07) is 6.71. The maximum Gasteiger partial charge on any atom is 0.243 e. The number of rotatable bonds is 7. The molecule has 0 bridgehead atoms. The highest BCUT2D eigenvalue weighted by atomic mass is 32.2. The highest BCUT2D eigenvalue weighted by Gasteiger charge is 2.27. The van der Waals surface area contributed by atoms with Gasteiger partial charge in [0.25, 0.3) is 0 Å². The Morgan fingerprint density at radius 2 is 1.91 bits per heavy atom. The standard InChI is InChI=1S/C24H31N5O3S/c1-16(2)29-24-22(15-25-29)17(3)21(18(4)26-24)10-11-23(30)27-19-8-7-9-20(14-19)33(31,32)28-12-5-6-13-28/h7-9,14-16H,5-6,10-13H2,1-4H3,(H,27,30). The molecule has 1 aliphatic heterocycles. The van der Waals surface area contributed by atoms with Gasteiger partial charge in [0.15, 0.2) is 5.65 Å². The smallest absolute Gasteiger partial charge is 0.243 e. The predicted molar refractivity (Wildman–Crippen MR) is 129 cm³/mol. The summed E-state index contributed by atoms with van der Waals surface area (Å²) in [4.78, 5) is 17.6. The average Bonchev–Trinajstić information content (AvgIpc) is 3.44. The van der Waals surface area contributed by atoms with E-state index in [0.29, 0.717) is 25.2 Å². The van der Waals surface area contributed by atoms with Crippen LogP contribution in [0.3, 0.4) is 0 Å². The van der Waals surface area contributed by atoms with Gasteiger partial charge in [-0.05, 0) is 76.3 Å². The van der Waals surface area contributed by atoms with Gasteiger partial charge in [-0.15, -0.1) is 0 Å². The van der Waals surface area contributed by atoms with Crippen LogP contribution in [0.15, 0.2) is 35.4 Å². The van der Waals surface area contributed by atoms with E-state index >= 15 is 0 Å². The van der Waals surface area contributed by atoms with Gasteiger partial charge in [0.1, 0.15) is 0 Å². The zero-order valence-electron chi connectivity index (χ0n) is 19.6. The number of hydrogen-bond donors (Lipinski definition) is 1. The molecule has 33 heavy (non-hydrogen) atoms. The topological polar surface area (TPSA) is 97.2 Å². The van der Waals surface area contributed by atoms with Crippen LogP contribution in [0.2, 0.25) is 0 Å². The third-order valence-electron chi connectivity index (χ3n) is 6.25. The second-order valence-electron chi connectivity index (χ2n) is 8.91. The number of carbonyl (C=O) groups is 1. The van der Waals surface area contributed by atoms with E-state index in [9.17, 15) is 13.2 Å². The SMILES string of the molecule is Cc1nc2c(cnn2C(C)C)c(C)c1CCC(=O)Nc1cccc(S(=O)(=O)N2CCCC2)c1. The fourth-order valence-electron chi connectivity index (χ4n) is 4.41. The van der Waals surface area contributed by atoms with Crippen molar-refractivity contribution < 1.29 is 13.2 Å². The third-order valence-corrected chi connectivity index (χ3v) is 8.14. The van der Waals surface area contributed by atoms with E-state index in [0.717, 1.165) is 40.7 Å². The first-order valence-electron chi connectivity index (χ1n) is 11.4. The molecule has 4 rings (SSSR count). The fourth-order valence-corrected chi connectivity index (χ4v) is 5.98. The van der Waals surface area contributed by atoms with E-state index in [1.165, 1.54) is 10.4 Å². The quantitative estimate of drug-likeness (QED) is 0.564. The van der Waals surface area contributed by atoms with Gasteiger partial charge in [-0.3, -0.25) is 4.79 Å². The molecule has 0 atom stereocenters. The van der Waals surface area contributed by atoms with Crippen molar-refractivity contribution in [3.8, 4) is 0 Å². The first kappa shape index (κ1) is 23.4. The Kier molecular flexibility index (Phi) is 6.54. The number of aromatic nitrogens is 3. The number of sulfonamides is 1. The zero-order valence-corrected chi connectivity index (χ0v) is 20.4. The van der Waals surface area contributed by atoms with Crippen LogP contribution in [0.1, 0.15) is 56.0 Å². The number of carbonyl (C=O) groups excluding carboxylic acids is 1. The molecular weight excluding hydrogens is 438 g/mol. The van der Waals surface area contributed by atoms with Gasteiger partial charge in [-0.2, -0.15) is 9.40 Å². The van der Waals surface area contributed by atoms with Crippen molar-refractivity contribution in [2.24, 2.45) is 0 Å². The molecule has 1 N–H and O–H groups in total. The number of pyridine rings is 1. The van der Waals surface area contributed by atoms with Crippen molar-refractivity contribution in [2.45, 2.75) is 64.3 Å². The van der Waals surface area contributed by atoms with Crippen molar-refractivity contribution in [1.82, 2.24) is 19.1 Å². The summed E-state index contributed by atoms with van der Waals surface area (Å²) in [6.45, 7) is 9.25. The largest absolute Gasteiger partial charge is 0.326 e. The van der Waals surface area contributed by atoms with Crippen LogP contribution in [0.25, 0.3) is 11.0 Å². The minimum atomic E-state index is -3.52. The predicted octanol–water partition coefficient (Wildman–Crippen LogP) is 3.98.